The van der Waals surface area contributed by atoms with Gasteiger partial charge >= 0.3 is 6.18 Å². The molecule has 0 atom stereocenters. The Labute approximate surface area is 93.7 Å². The molecule has 0 saturated heterocycles. The molecule has 1 aromatic rings. The van der Waals surface area contributed by atoms with Gasteiger partial charge in [0.2, 0.25) is 0 Å². The average Bonchev–Trinajstić information content (AvgIpc) is 2.24. The van der Waals surface area contributed by atoms with Gasteiger partial charge in [-0.2, -0.15) is 13.2 Å². The predicted molar refractivity (Wildman–Crippen MR) is 57.1 cm³/mol. The number of unbranched alkanes of at least 4 members (excludes halogenated alkanes) is 3. The second kappa shape index (κ2) is 5.87. The Bertz CT molecular complexity index is 303. The summed E-state index contributed by atoms with van der Waals surface area (Å²) in [6.07, 6.45) is 1.81. The number of aryl methyl sites for hydroxylation is 1. The van der Waals surface area contributed by atoms with E-state index in [9.17, 15) is 13.2 Å². The van der Waals surface area contributed by atoms with Gasteiger partial charge < -0.3 is 0 Å². The number of alkyl halides is 3. The molecule has 0 fully saturated rings. The van der Waals surface area contributed by atoms with Gasteiger partial charge in [0.05, 0.1) is 5.56 Å². The second-order valence-corrected chi connectivity index (χ2v) is 3.85. The lowest BCUT2D eigenvalue weighted by atomic mass is 10.1. The predicted octanol–water partition coefficient (Wildman–Crippen LogP) is 4.22. The summed E-state index contributed by atoms with van der Waals surface area (Å²) in [5.41, 5.74) is 0.0638. The molecular weight excluding hydrogens is 215 g/mol. The molecular formula is C12H16F3N. The highest BCUT2D eigenvalue weighted by molar-refractivity contribution is 5.16. The Morgan fingerprint density at radius 2 is 1.88 bits per heavy atom. The van der Waals surface area contributed by atoms with Crippen molar-refractivity contribution in [3.8, 4) is 0 Å². The highest BCUT2D eigenvalue weighted by atomic mass is 19.4. The average molecular weight is 231 g/mol. The lowest BCUT2D eigenvalue weighted by Crippen LogP contribution is -2.05. The molecule has 1 nitrogen and oxygen atoms in total. The van der Waals surface area contributed by atoms with Crippen molar-refractivity contribution in [1.29, 1.82) is 0 Å². The number of hydrogen-bond donors (Lipinski definition) is 0. The largest absolute Gasteiger partial charge is 0.417 e. The number of nitrogens with zero attached hydrogens (tertiary/aromatic N) is 1. The number of hydrogen-bond acceptors (Lipinski definition) is 1. The molecule has 16 heavy (non-hydrogen) atoms. The first kappa shape index (κ1) is 13.0. The zero-order chi connectivity index (χ0) is 12.0. The third kappa shape index (κ3) is 4.21. The van der Waals surface area contributed by atoms with Gasteiger partial charge in [0.1, 0.15) is 0 Å². The summed E-state index contributed by atoms with van der Waals surface area (Å²) in [5.74, 6) is 0. The smallest absolute Gasteiger partial charge is 0.261 e. The van der Waals surface area contributed by atoms with Crippen molar-refractivity contribution in [2.24, 2.45) is 0 Å². The maximum Gasteiger partial charge on any atom is 0.417 e. The van der Waals surface area contributed by atoms with Crippen LogP contribution in [0.1, 0.15) is 43.9 Å². The molecule has 0 unspecified atom stereocenters. The molecule has 0 saturated carbocycles. The van der Waals surface area contributed by atoms with Crippen LogP contribution >= 0.6 is 0 Å². The van der Waals surface area contributed by atoms with Crippen LogP contribution in [0, 0.1) is 0 Å². The molecule has 0 aliphatic heterocycles. The van der Waals surface area contributed by atoms with Crippen LogP contribution in [0.4, 0.5) is 13.2 Å². The van der Waals surface area contributed by atoms with Crippen LogP contribution in [0.3, 0.4) is 0 Å². The van der Waals surface area contributed by atoms with Crippen LogP contribution < -0.4 is 0 Å². The zero-order valence-electron chi connectivity index (χ0n) is 9.35. The van der Waals surface area contributed by atoms with Crippen LogP contribution in [0.2, 0.25) is 0 Å². The van der Waals surface area contributed by atoms with E-state index in [2.05, 4.69) is 11.9 Å². The maximum absolute atomic E-state index is 12.2. The van der Waals surface area contributed by atoms with Crippen LogP contribution in [-0.4, -0.2) is 4.98 Å². The molecule has 0 amide bonds. The van der Waals surface area contributed by atoms with Crippen molar-refractivity contribution in [2.75, 3.05) is 0 Å². The van der Waals surface area contributed by atoms with Gasteiger partial charge in [-0.1, -0.05) is 26.2 Å². The van der Waals surface area contributed by atoms with E-state index in [0.717, 1.165) is 43.6 Å². The normalized spacial score (nSPS) is 11.8. The lowest BCUT2D eigenvalue weighted by Gasteiger charge is -2.06. The van der Waals surface area contributed by atoms with Crippen LogP contribution in [0.15, 0.2) is 18.3 Å². The molecule has 0 radical (unpaired) electrons. The van der Waals surface area contributed by atoms with Crippen molar-refractivity contribution in [3.05, 3.63) is 29.6 Å². The minimum Gasteiger partial charge on any atom is -0.261 e. The minimum atomic E-state index is -4.28. The molecule has 90 valence electrons. The Morgan fingerprint density at radius 1 is 1.12 bits per heavy atom. The fourth-order valence-electron chi connectivity index (χ4n) is 1.47. The Balaban J connectivity index is 2.46. The first-order valence-electron chi connectivity index (χ1n) is 5.56. The standard InChI is InChI=1S/C12H16F3N/c1-2-3-4-5-6-11-8-7-10(9-16-11)12(13,14)15/h7-9H,2-6H2,1H3. The molecule has 0 N–H and O–H groups in total. The van der Waals surface area contributed by atoms with E-state index in [1.807, 2.05) is 0 Å². The van der Waals surface area contributed by atoms with Gasteiger partial charge in [0.25, 0.3) is 0 Å². The number of pyridine rings is 1. The summed E-state index contributed by atoms with van der Waals surface area (Å²) >= 11 is 0. The quantitative estimate of drug-likeness (QED) is 0.691. The Morgan fingerprint density at radius 3 is 2.38 bits per heavy atom. The topological polar surface area (TPSA) is 12.9 Å². The number of aromatic nitrogens is 1. The molecule has 0 aliphatic carbocycles. The number of rotatable bonds is 5. The molecule has 0 bridgehead atoms. The zero-order valence-corrected chi connectivity index (χ0v) is 9.35. The fraction of sp³-hybridized carbons (Fsp3) is 0.583. The molecule has 4 heteroatoms. The van der Waals surface area contributed by atoms with Crippen LogP contribution in [0.5, 0.6) is 0 Å². The second-order valence-electron chi connectivity index (χ2n) is 3.85. The van der Waals surface area contributed by atoms with Gasteiger partial charge in [-0.3, -0.25) is 4.98 Å². The third-order valence-corrected chi connectivity index (χ3v) is 2.44. The van der Waals surface area contributed by atoms with Gasteiger partial charge in [-0.15, -0.1) is 0 Å². The lowest BCUT2D eigenvalue weighted by molar-refractivity contribution is -0.137. The summed E-state index contributed by atoms with van der Waals surface area (Å²) in [7, 11) is 0. The van der Waals surface area contributed by atoms with E-state index in [-0.39, 0.29) is 0 Å². The van der Waals surface area contributed by atoms with E-state index >= 15 is 0 Å². The van der Waals surface area contributed by atoms with Crippen molar-refractivity contribution in [2.45, 2.75) is 45.2 Å². The van der Waals surface area contributed by atoms with Gasteiger partial charge in [0.15, 0.2) is 0 Å². The van der Waals surface area contributed by atoms with E-state index in [1.165, 1.54) is 12.5 Å². The van der Waals surface area contributed by atoms with Crippen LogP contribution in [0.25, 0.3) is 0 Å². The summed E-state index contributed by atoms with van der Waals surface area (Å²) in [4.78, 5) is 3.82. The van der Waals surface area contributed by atoms with Gasteiger partial charge in [0, 0.05) is 11.9 Å². The summed E-state index contributed by atoms with van der Waals surface area (Å²) in [6, 6.07) is 2.57. The minimum absolute atomic E-state index is 0.676. The van der Waals surface area contributed by atoms with Crippen LogP contribution in [-0.2, 0) is 12.6 Å². The monoisotopic (exact) mass is 231 g/mol. The maximum atomic E-state index is 12.2. The molecule has 1 rings (SSSR count). The molecule has 1 aromatic heterocycles. The van der Waals surface area contributed by atoms with Crippen molar-refractivity contribution >= 4 is 0 Å². The van der Waals surface area contributed by atoms with E-state index < -0.39 is 11.7 Å². The first-order valence-corrected chi connectivity index (χ1v) is 5.56. The highest BCUT2D eigenvalue weighted by Gasteiger charge is 2.30. The van der Waals surface area contributed by atoms with E-state index in [0.29, 0.717) is 0 Å². The Hall–Kier alpha value is -1.06. The van der Waals surface area contributed by atoms with Gasteiger partial charge in [-0.25, -0.2) is 0 Å². The highest BCUT2D eigenvalue weighted by Crippen LogP contribution is 2.28. The van der Waals surface area contributed by atoms with E-state index in [4.69, 9.17) is 0 Å². The van der Waals surface area contributed by atoms with Crippen molar-refractivity contribution in [3.63, 3.8) is 0 Å². The molecule has 1 heterocycles. The molecule has 0 aromatic carbocycles. The van der Waals surface area contributed by atoms with Crippen molar-refractivity contribution < 1.29 is 13.2 Å². The Kier molecular flexibility index (Phi) is 4.77. The summed E-state index contributed by atoms with van der Waals surface area (Å²) in [6.45, 7) is 2.12. The van der Waals surface area contributed by atoms with E-state index in [1.54, 1.807) is 0 Å². The molecule has 0 aliphatic rings. The first-order chi connectivity index (χ1) is 7.54. The summed E-state index contributed by atoms with van der Waals surface area (Å²) in [5, 5.41) is 0. The van der Waals surface area contributed by atoms with Crippen molar-refractivity contribution in [1.82, 2.24) is 4.98 Å². The molecule has 0 spiro atoms. The summed E-state index contributed by atoms with van der Waals surface area (Å²) < 4.78 is 36.7. The number of halogens is 3. The fourth-order valence-corrected chi connectivity index (χ4v) is 1.47. The SMILES string of the molecule is CCCCCCc1ccc(C(F)(F)F)cn1. The third-order valence-electron chi connectivity index (χ3n) is 2.44. The van der Waals surface area contributed by atoms with Gasteiger partial charge in [-0.05, 0) is 25.0 Å².